The van der Waals surface area contributed by atoms with E-state index in [1.165, 1.54) is 41.6 Å². The first-order valence-corrected chi connectivity index (χ1v) is 10.1. The van der Waals surface area contributed by atoms with Gasteiger partial charge in [-0.2, -0.15) is 4.99 Å². The highest BCUT2D eigenvalue weighted by molar-refractivity contribution is 7.98. The molecule has 0 saturated carbocycles. The molecule has 0 fully saturated rings. The standard InChI is InChI=1S/C18H15N3O5S2/c1-26-16(22)10-20-13-8-7-11(21(24)25)9-15(13)28-18(20)19-17(23)12-5-3-4-6-14(12)27-2/h3-9H,10H2,1-2H3. The second-order valence-electron chi connectivity index (χ2n) is 5.57. The van der Waals surface area contributed by atoms with E-state index >= 15 is 0 Å². The molecule has 10 heteroatoms. The van der Waals surface area contributed by atoms with E-state index in [4.69, 9.17) is 4.74 Å². The Labute approximate surface area is 167 Å². The maximum absolute atomic E-state index is 12.7. The summed E-state index contributed by atoms with van der Waals surface area (Å²) in [6, 6.07) is 11.4. The molecule has 8 nitrogen and oxygen atoms in total. The van der Waals surface area contributed by atoms with Crippen LogP contribution in [0.3, 0.4) is 0 Å². The summed E-state index contributed by atoms with van der Waals surface area (Å²) in [5, 5.41) is 11.0. The smallest absolute Gasteiger partial charge is 0.325 e. The van der Waals surface area contributed by atoms with Gasteiger partial charge < -0.3 is 9.30 Å². The third kappa shape index (κ3) is 3.97. The lowest BCUT2D eigenvalue weighted by molar-refractivity contribution is -0.384. The maximum Gasteiger partial charge on any atom is 0.325 e. The van der Waals surface area contributed by atoms with E-state index in [0.29, 0.717) is 15.8 Å². The molecule has 3 rings (SSSR count). The number of nitro benzene ring substituents is 1. The Morgan fingerprint density at radius 3 is 2.71 bits per heavy atom. The van der Waals surface area contributed by atoms with Gasteiger partial charge in [0.15, 0.2) is 4.80 Å². The van der Waals surface area contributed by atoms with Crippen LogP contribution in [0, 0.1) is 10.1 Å². The van der Waals surface area contributed by atoms with Crippen molar-refractivity contribution in [2.24, 2.45) is 4.99 Å². The third-order valence-corrected chi connectivity index (χ3v) is 5.76. The number of nitro groups is 1. The molecule has 1 heterocycles. The highest BCUT2D eigenvalue weighted by Gasteiger charge is 2.16. The van der Waals surface area contributed by atoms with Crippen molar-refractivity contribution in [3.8, 4) is 0 Å². The van der Waals surface area contributed by atoms with Crippen LogP contribution in [0.2, 0.25) is 0 Å². The molecule has 0 radical (unpaired) electrons. The van der Waals surface area contributed by atoms with Gasteiger partial charge in [-0.25, -0.2) is 0 Å². The van der Waals surface area contributed by atoms with Crippen molar-refractivity contribution in [3.63, 3.8) is 0 Å². The molecule has 0 saturated heterocycles. The Balaban J connectivity index is 2.18. The molecule has 2 aromatic carbocycles. The number of fused-ring (bicyclic) bond motifs is 1. The van der Waals surface area contributed by atoms with Crippen LogP contribution in [-0.2, 0) is 16.1 Å². The van der Waals surface area contributed by atoms with Gasteiger partial charge in [0.2, 0.25) is 0 Å². The average Bonchev–Trinajstić information content (AvgIpc) is 3.03. The highest BCUT2D eigenvalue weighted by atomic mass is 32.2. The van der Waals surface area contributed by atoms with Crippen molar-refractivity contribution >= 4 is 50.9 Å². The Hall–Kier alpha value is -2.98. The zero-order chi connectivity index (χ0) is 20.3. The number of esters is 1. The minimum Gasteiger partial charge on any atom is -0.468 e. The fourth-order valence-corrected chi connectivity index (χ4v) is 4.23. The van der Waals surface area contributed by atoms with Crippen LogP contribution < -0.4 is 4.80 Å². The molecule has 0 unspecified atom stereocenters. The number of carbonyl (C=O) groups excluding carboxylic acids is 2. The summed E-state index contributed by atoms with van der Waals surface area (Å²) in [6.45, 7) is -0.162. The number of non-ortho nitro benzene ring substituents is 1. The molecule has 0 bridgehead atoms. The van der Waals surface area contributed by atoms with Gasteiger partial charge in [-0.1, -0.05) is 23.5 Å². The summed E-state index contributed by atoms with van der Waals surface area (Å²) in [5.74, 6) is -0.971. The topological polar surface area (TPSA) is 104 Å². The number of hydrogen-bond donors (Lipinski definition) is 0. The maximum atomic E-state index is 12.7. The molecule has 0 aliphatic heterocycles. The average molecular weight is 417 g/mol. The second kappa shape index (κ2) is 8.36. The number of carbonyl (C=O) groups is 2. The van der Waals surface area contributed by atoms with E-state index in [0.717, 1.165) is 16.2 Å². The number of aromatic nitrogens is 1. The minimum absolute atomic E-state index is 0.0791. The van der Waals surface area contributed by atoms with E-state index in [2.05, 4.69) is 4.99 Å². The minimum atomic E-state index is -0.517. The monoisotopic (exact) mass is 417 g/mol. The van der Waals surface area contributed by atoms with E-state index in [1.807, 2.05) is 18.4 Å². The number of hydrogen-bond acceptors (Lipinski definition) is 7. The number of nitrogens with zero attached hydrogens (tertiary/aromatic N) is 3. The lowest BCUT2D eigenvalue weighted by Gasteiger charge is -2.04. The lowest BCUT2D eigenvalue weighted by Crippen LogP contribution is -2.22. The Morgan fingerprint density at radius 2 is 2.04 bits per heavy atom. The molecule has 1 amide bonds. The first-order chi connectivity index (χ1) is 13.4. The van der Waals surface area contributed by atoms with Crippen molar-refractivity contribution < 1.29 is 19.2 Å². The van der Waals surface area contributed by atoms with Crippen LogP contribution in [0.15, 0.2) is 52.4 Å². The molecule has 3 aromatic rings. The quantitative estimate of drug-likeness (QED) is 0.273. The van der Waals surface area contributed by atoms with Crippen molar-refractivity contribution in [2.75, 3.05) is 13.4 Å². The van der Waals surface area contributed by atoms with Crippen molar-refractivity contribution in [1.82, 2.24) is 4.57 Å². The molecule has 144 valence electrons. The summed E-state index contributed by atoms with van der Waals surface area (Å²) in [4.78, 5) is 40.4. The second-order valence-corrected chi connectivity index (χ2v) is 7.43. The summed E-state index contributed by atoms with van der Waals surface area (Å²) in [5.41, 5.74) is 0.929. The van der Waals surface area contributed by atoms with Crippen LogP contribution in [-0.4, -0.2) is 34.7 Å². The number of benzene rings is 2. The third-order valence-electron chi connectivity index (χ3n) is 3.93. The Bertz CT molecular complexity index is 1150. The zero-order valence-corrected chi connectivity index (χ0v) is 16.6. The van der Waals surface area contributed by atoms with E-state index in [-0.39, 0.29) is 17.0 Å². The van der Waals surface area contributed by atoms with Gasteiger partial charge in [0.1, 0.15) is 6.54 Å². The first kappa shape index (κ1) is 19.8. The van der Waals surface area contributed by atoms with Crippen molar-refractivity contribution in [3.05, 3.63) is 62.9 Å². The molecule has 0 N–H and O–H groups in total. The molecule has 0 atom stereocenters. The molecule has 28 heavy (non-hydrogen) atoms. The van der Waals surface area contributed by atoms with Gasteiger partial charge in [0.25, 0.3) is 11.6 Å². The van der Waals surface area contributed by atoms with Crippen LogP contribution in [0.5, 0.6) is 0 Å². The summed E-state index contributed by atoms with van der Waals surface area (Å²) < 4.78 is 6.79. The Kier molecular flexibility index (Phi) is 5.90. The zero-order valence-electron chi connectivity index (χ0n) is 14.9. The number of rotatable bonds is 5. The van der Waals surface area contributed by atoms with E-state index in [1.54, 1.807) is 12.1 Å². The van der Waals surface area contributed by atoms with Gasteiger partial charge in [0, 0.05) is 17.0 Å². The van der Waals surface area contributed by atoms with Gasteiger partial charge in [-0.15, -0.1) is 11.8 Å². The normalized spacial score (nSPS) is 11.6. The number of methoxy groups -OCH3 is 1. The van der Waals surface area contributed by atoms with Crippen LogP contribution in [0.1, 0.15) is 10.4 Å². The highest BCUT2D eigenvalue weighted by Crippen LogP contribution is 2.24. The molecule has 1 aromatic heterocycles. The van der Waals surface area contributed by atoms with E-state index < -0.39 is 16.8 Å². The van der Waals surface area contributed by atoms with Crippen LogP contribution >= 0.6 is 23.1 Å². The predicted octanol–water partition coefficient (Wildman–Crippen LogP) is 3.25. The lowest BCUT2D eigenvalue weighted by atomic mass is 10.2. The van der Waals surface area contributed by atoms with Gasteiger partial charge >= 0.3 is 5.97 Å². The molecule has 0 aliphatic carbocycles. The molecule has 0 spiro atoms. The first-order valence-electron chi connectivity index (χ1n) is 8.01. The Morgan fingerprint density at radius 1 is 1.29 bits per heavy atom. The van der Waals surface area contributed by atoms with E-state index in [9.17, 15) is 19.7 Å². The van der Waals surface area contributed by atoms with Crippen LogP contribution in [0.4, 0.5) is 5.69 Å². The number of ether oxygens (including phenoxy) is 1. The number of thioether (sulfide) groups is 1. The summed E-state index contributed by atoms with van der Waals surface area (Å²) >= 11 is 2.53. The van der Waals surface area contributed by atoms with Crippen molar-refractivity contribution in [1.29, 1.82) is 0 Å². The van der Waals surface area contributed by atoms with Crippen LogP contribution in [0.25, 0.3) is 10.2 Å². The van der Waals surface area contributed by atoms with Gasteiger partial charge in [0.05, 0.1) is 27.8 Å². The van der Waals surface area contributed by atoms with Gasteiger partial charge in [-0.3, -0.25) is 19.7 Å². The largest absolute Gasteiger partial charge is 0.468 e. The molecule has 0 aliphatic rings. The SMILES string of the molecule is COC(=O)Cn1c(=NC(=O)c2ccccc2SC)sc2cc([N+](=O)[O-])ccc21. The summed E-state index contributed by atoms with van der Waals surface area (Å²) in [6.07, 6.45) is 1.86. The predicted molar refractivity (Wildman–Crippen MR) is 107 cm³/mol. The fourth-order valence-electron chi connectivity index (χ4n) is 2.58. The fraction of sp³-hybridized carbons (Fsp3) is 0.167. The molecular weight excluding hydrogens is 402 g/mol. The number of thiazole rings is 1. The number of amides is 1. The van der Waals surface area contributed by atoms with Crippen molar-refractivity contribution in [2.45, 2.75) is 11.4 Å². The molecular formula is C18H15N3O5S2. The summed E-state index contributed by atoms with van der Waals surface area (Å²) in [7, 11) is 1.26. The van der Waals surface area contributed by atoms with Gasteiger partial charge in [-0.05, 0) is 24.5 Å².